The fourth-order valence-electron chi connectivity index (χ4n) is 4.99. The van der Waals surface area contributed by atoms with Crippen LogP contribution < -0.4 is 10.6 Å². The molecule has 29 heavy (non-hydrogen) atoms. The Morgan fingerprint density at radius 2 is 1.86 bits per heavy atom. The summed E-state index contributed by atoms with van der Waals surface area (Å²) in [4.78, 5) is 25.9. The first-order valence-corrected chi connectivity index (χ1v) is 10.4. The quantitative estimate of drug-likeness (QED) is 0.667. The SMILES string of the molecule is CC(C)C[C@H]1N[C@@H](C(=O)O)[C@H](c2ccccc2)[C@@]12C(=O)Nc1c2ccc(Cl)c1Cl. The number of benzene rings is 2. The van der Waals surface area contributed by atoms with Gasteiger partial charge < -0.3 is 10.4 Å². The van der Waals surface area contributed by atoms with Gasteiger partial charge in [-0.05, 0) is 29.5 Å². The van der Waals surface area contributed by atoms with Crippen molar-refractivity contribution in [3.8, 4) is 0 Å². The first-order valence-electron chi connectivity index (χ1n) is 9.62. The predicted molar refractivity (Wildman–Crippen MR) is 114 cm³/mol. The number of fused-ring (bicyclic) bond motifs is 2. The molecule has 5 nitrogen and oxygen atoms in total. The molecular formula is C22H22Cl2N2O3. The molecule has 1 amide bonds. The van der Waals surface area contributed by atoms with Crippen LogP contribution in [0.15, 0.2) is 42.5 Å². The molecule has 0 aliphatic carbocycles. The van der Waals surface area contributed by atoms with Crippen LogP contribution >= 0.6 is 23.2 Å². The maximum absolute atomic E-state index is 13.6. The van der Waals surface area contributed by atoms with Gasteiger partial charge in [0, 0.05) is 12.0 Å². The van der Waals surface area contributed by atoms with E-state index in [-0.39, 0.29) is 22.9 Å². The van der Waals surface area contributed by atoms with Gasteiger partial charge in [0.15, 0.2) is 0 Å². The van der Waals surface area contributed by atoms with E-state index in [1.807, 2.05) is 30.3 Å². The third kappa shape index (κ3) is 2.95. The van der Waals surface area contributed by atoms with Crippen LogP contribution in [0.4, 0.5) is 5.69 Å². The average molecular weight is 433 g/mol. The maximum Gasteiger partial charge on any atom is 0.321 e. The molecule has 2 aromatic carbocycles. The van der Waals surface area contributed by atoms with Gasteiger partial charge in [-0.3, -0.25) is 14.9 Å². The smallest absolute Gasteiger partial charge is 0.321 e. The molecule has 3 N–H and O–H groups in total. The third-order valence-corrected chi connectivity index (χ3v) is 6.85. The summed E-state index contributed by atoms with van der Waals surface area (Å²) in [5.41, 5.74) is 0.880. The number of anilines is 1. The van der Waals surface area contributed by atoms with Gasteiger partial charge >= 0.3 is 5.97 Å². The van der Waals surface area contributed by atoms with Crippen LogP contribution in [0.2, 0.25) is 10.0 Å². The molecule has 0 radical (unpaired) electrons. The Labute approximate surface area is 179 Å². The van der Waals surface area contributed by atoms with Crippen molar-refractivity contribution in [3.63, 3.8) is 0 Å². The van der Waals surface area contributed by atoms with Crippen LogP contribution in [-0.2, 0) is 15.0 Å². The second-order valence-electron chi connectivity index (χ2n) is 8.16. The van der Waals surface area contributed by atoms with E-state index < -0.39 is 23.3 Å². The van der Waals surface area contributed by atoms with Gasteiger partial charge in [0.1, 0.15) is 11.5 Å². The van der Waals surface area contributed by atoms with Crippen LogP contribution in [0.5, 0.6) is 0 Å². The molecule has 2 aliphatic heterocycles. The Morgan fingerprint density at radius 1 is 1.17 bits per heavy atom. The summed E-state index contributed by atoms with van der Waals surface area (Å²) in [5.74, 6) is -1.56. The predicted octanol–water partition coefficient (Wildman–Crippen LogP) is 4.44. The highest BCUT2D eigenvalue weighted by Gasteiger charge is 2.65. The lowest BCUT2D eigenvalue weighted by molar-refractivity contribution is -0.139. The first-order chi connectivity index (χ1) is 13.8. The van der Waals surface area contributed by atoms with Crippen LogP contribution in [0.3, 0.4) is 0 Å². The van der Waals surface area contributed by atoms with Crippen LogP contribution in [0.25, 0.3) is 0 Å². The molecule has 1 fully saturated rings. The van der Waals surface area contributed by atoms with E-state index in [4.69, 9.17) is 23.2 Å². The summed E-state index contributed by atoms with van der Waals surface area (Å²) in [7, 11) is 0. The number of hydrogen-bond acceptors (Lipinski definition) is 3. The second-order valence-corrected chi connectivity index (χ2v) is 8.95. The standard InChI is InChI=1S/C22H22Cl2N2O3/c1-11(2)10-15-22(13-8-9-14(23)17(24)18(13)26-21(22)29)16(19(25-15)20(27)28)12-6-4-3-5-7-12/h3-9,11,15-16,19,25H,10H2,1-2H3,(H,26,29)(H,27,28)/t15-,16+,19-,22+/m1/s1. The molecular weight excluding hydrogens is 411 g/mol. The minimum absolute atomic E-state index is 0.243. The van der Waals surface area contributed by atoms with Gasteiger partial charge in [0.2, 0.25) is 5.91 Å². The van der Waals surface area contributed by atoms with Crippen molar-refractivity contribution in [2.75, 3.05) is 5.32 Å². The Kier molecular flexibility index (Phi) is 5.09. The molecule has 4 atom stereocenters. The number of rotatable bonds is 4. The van der Waals surface area contributed by atoms with Crippen molar-refractivity contribution in [2.45, 2.75) is 43.7 Å². The molecule has 2 aliphatic rings. The maximum atomic E-state index is 13.6. The van der Waals surface area contributed by atoms with E-state index in [9.17, 15) is 14.7 Å². The number of carboxylic acids is 1. The van der Waals surface area contributed by atoms with Crippen LogP contribution in [0.1, 0.15) is 37.3 Å². The lowest BCUT2D eigenvalue weighted by Gasteiger charge is -2.35. The number of hydrogen-bond donors (Lipinski definition) is 3. The van der Waals surface area contributed by atoms with E-state index in [0.717, 1.165) is 5.56 Å². The second kappa shape index (κ2) is 7.31. The first kappa shape index (κ1) is 20.2. The lowest BCUT2D eigenvalue weighted by Crippen LogP contribution is -2.48. The Bertz CT molecular complexity index is 980. The zero-order valence-corrected chi connectivity index (χ0v) is 17.6. The van der Waals surface area contributed by atoms with Crippen molar-refractivity contribution in [1.29, 1.82) is 0 Å². The van der Waals surface area contributed by atoms with Crippen molar-refractivity contribution in [1.82, 2.24) is 5.32 Å². The molecule has 2 heterocycles. The number of carboxylic acid groups (broad SMARTS) is 1. The fraction of sp³-hybridized carbons (Fsp3) is 0.364. The number of aliphatic carboxylic acids is 1. The van der Waals surface area contributed by atoms with Gasteiger partial charge in [-0.2, -0.15) is 0 Å². The molecule has 152 valence electrons. The van der Waals surface area contributed by atoms with Gasteiger partial charge in [-0.15, -0.1) is 0 Å². The van der Waals surface area contributed by atoms with Gasteiger partial charge in [0.05, 0.1) is 15.7 Å². The Balaban J connectivity index is 2.02. The Morgan fingerprint density at radius 3 is 2.48 bits per heavy atom. The highest BCUT2D eigenvalue weighted by atomic mass is 35.5. The van der Waals surface area contributed by atoms with E-state index in [1.165, 1.54) is 0 Å². The lowest BCUT2D eigenvalue weighted by atomic mass is 9.63. The molecule has 0 aromatic heterocycles. The van der Waals surface area contributed by atoms with E-state index in [2.05, 4.69) is 24.5 Å². The summed E-state index contributed by atoms with van der Waals surface area (Å²) in [6, 6.07) is 11.6. The van der Waals surface area contributed by atoms with Crippen molar-refractivity contribution in [2.24, 2.45) is 5.92 Å². The number of nitrogens with one attached hydrogen (secondary N) is 2. The minimum atomic E-state index is -1.10. The molecule has 0 bridgehead atoms. The minimum Gasteiger partial charge on any atom is -0.480 e. The Hall–Kier alpha value is -2.08. The summed E-state index contributed by atoms with van der Waals surface area (Å²) in [5, 5.41) is 16.8. The van der Waals surface area contributed by atoms with Gasteiger partial charge in [0.25, 0.3) is 0 Å². The zero-order chi connectivity index (χ0) is 20.9. The number of amides is 1. The van der Waals surface area contributed by atoms with Crippen molar-refractivity contribution in [3.05, 3.63) is 63.6 Å². The summed E-state index contributed by atoms with van der Waals surface area (Å²) < 4.78 is 0. The van der Waals surface area contributed by atoms with Crippen molar-refractivity contribution >= 4 is 40.8 Å². The molecule has 7 heteroatoms. The summed E-state index contributed by atoms with van der Waals surface area (Å²) in [6.45, 7) is 4.12. The third-order valence-electron chi connectivity index (χ3n) is 6.04. The normalized spacial score (nSPS) is 28.0. The molecule has 1 spiro atoms. The molecule has 1 saturated heterocycles. The molecule has 2 aromatic rings. The zero-order valence-electron chi connectivity index (χ0n) is 16.1. The number of halogens is 2. The fourth-order valence-corrected chi connectivity index (χ4v) is 5.36. The topological polar surface area (TPSA) is 78.4 Å². The van der Waals surface area contributed by atoms with Crippen LogP contribution in [0, 0.1) is 5.92 Å². The molecule has 0 saturated carbocycles. The van der Waals surface area contributed by atoms with E-state index in [0.29, 0.717) is 22.7 Å². The van der Waals surface area contributed by atoms with E-state index >= 15 is 0 Å². The largest absolute Gasteiger partial charge is 0.480 e. The number of carbonyl (C=O) groups is 2. The van der Waals surface area contributed by atoms with Crippen molar-refractivity contribution < 1.29 is 14.7 Å². The summed E-state index contributed by atoms with van der Waals surface area (Å²) >= 11 is 12.6. The highest BCUT2D eigenvalue weighted by molar-refractivity contribution is 6.44. The monoisotopic (exact) mass is 432 g/mol. The average Bonchev–Trinajstić information content (AvgIpc) is 3.16. The van der Waals surface area contributed by atoms with Gasteiger partial charge in [-0.25, -0.2) is 0 Å². The van der Waals surface area contributed by atoms with Gasteiger partial charge in [-0.1, -0.05) is 73.4 Å². The molecule has 0 unspecified atom stereocenters. The summed E-state index contributed by atoms with van der Waals surface area (Å²) in [6.07, 6.45) is 0.639. The highest BCUT2D eigenvalue weighted by Crippen LogP contribution is 2.57. The number of carbonyl (C=O) groups excluding carboxylic acids is 1. The molecule has 4 rings (SSSR count). The van der Waals surface area contributed by atoms with Crippen LogP contribution in [-0.4, -0.2) is 29.1 Å². The van der Waals surface area contributed by atoms with E-state index in [1.54, 1.807) is 12.1 Å².